The summed E-state index contributed by atoms with van der Waals surface area (Å²) in [6.07, 6.45) is 2.24. The van der Waals surface area contributed by atoms with Crippen molar-refractivity contribution in [1.82, 2.24) is 19.9 Å². The van der Waals surface area contributed by atoms with E-state index in [2.05, 4.69) is 14.9 Å². The van der Waals surface area contributed by atoms with Crippen molar-refractivity contribution in [2.75, 3.05) is 13.7 Å². The van der Waals surface area contributed by atoms with Gasteiger partial charge in [0.1, 0.15) is 11.9 Å². The van der Waals surface area contributed by atoms with Gasteiger partial charge in [-0.25, -0.2) is 4.98 Å². The molecule has 0 aliphatic rings. The molecule has 1 atom stereocenters. The molecule has 2 aromatic heterocycles. The van der Waals surface area contributed by atoms with Crippen molar-refractivity contribution in [2.24, 2.45) is 5.92 Å². The number of aryl methyl sites for hydroxylation is 1. The SMILES string of the molecule is COCCn1c(-c2c[nH]c(=O)c(C)c2)nc2cc(CNC(CC(C)C)C(=O)O)ccc21. The molecule has 0 aliphatic heterocycles. The Hall–Kier alpha value is -2.97. The summed E-state index contributed by atoms with van der Waals surface area (Å²) < 4.78 is 7.34. The number of pyridine rings is 1. The zero-order valence-electron chi connectivity index (χ0n) is 18.4. The van der Waals surface area contributed by atoms with Crippen LogP contribution >= 0.6 is 0 Å². The molecule has 0 bridgehead atoms. The van der Waals surface area contributed by atoms with Crippen LogP contribution in [0.4, 0.5) is 0 Å². The maximum atomic E-state index is 11.8. The number of nitrogens with zero attached hydrogens (tertiary/aromatic N) is 2. The summed E-state index contributed by atoms with van der Waals surface area (Å²) in [4.78, 5) is 30.9. The van der Waals surface area contributed by atoms with Crippen molar-refractivity contribution in [3.05, 3.63) is 51.9 Å². The number of imidazole rings is 1. The van der Waals surface area contributed by atoms with Crippen LogP contribution in [0, 0.1) is 12.8 Å². The first-order valence-corrected chi connectivity index (χ1v) is 10.4. The van der Waals surface area contributed by atoms with Crippen LogP contribution in [0.25, 0.3) is 22.4 Å². The number of nitrogens with one attached hydrogen (secondary N) is 2. The van der Waals surface area contributed by atoms with Crippen LogP contribution in [0.2, 0.25) is 0 Å². The number of ether oxygens (including phenoxy) is 1. The number of carbonyl (C=O) groups is 1. The molecule has 1 unspecified atom stereocenters. The van der Waals surface area contributed by atoms with Gasteiger partial charge in [0.15, 0.2) is 0 Å². The molecule has 0 radical (unpaired) electrons. The third-order valence-electron chi connectivity index (χ3n) is 5.24. The number of rotatable bonds is 10. The van der Waals surface area contributed by atoms with Crippen molar-refractivity contribution < 1.29 is 14.6 Å². The molecule has 0 spiro atoms. The highest BCUT2D eigenvalue weighted by molar-refractivity contribution is 5.81. The zero-order valence-corrected chi connectivity index (χ0v) is 18.4. The molecule has 0 fully saturated rings. The number of benzene rings is 1. The van der Waals surface area contributed by atoms with E-state index >= 15 is 0 Å². The van der Waals surface area contributed by atoms with Gasteiger partial charge in [0, 0.05) is 37.5 Å². The summed E-state index contributed by atoms with van der Waals surface area (Å²) in [7, 11) is 1.66. The lowest BCUT2D eigenvalue weighted by Crippen LogP contribution is -2.37. The standard InChI is InChI=1S/C23H30N4O4/c1-14(2)9-19(23(29)30)24-12-16-5-6-20-18(11-16)26-21(27(20)7-8-31-4)17-10-15(3)22(28)25-13-17/h5-6,10-11,13-14,19,24H,7-9,12H2,1-4H3,(H,25,28)(H,29,30). The van der Waals surface area contributed by atoms with Crippen LogP contribution in [0.15, 0.2) is 35.3 Å². The summed E-state index contributed by atoms with van der Waals surface area (Å²) in [5, 5.41) is 12.6. The van der Waals surface area contributed by atoms with E-state index < -0.39 is 12.0 Å². The molecule has 3 N–H and O–H groups in total. The van der Waals surface area contributed by atoms with Crippen LogP contribution in [0.5, 0.6) is 0 Å². The normalized spacial score (nSPS) is 12.5. The van der Waals surface area contributed by atoms with Gasteiger partial charge in [-0.1, -0.05) is 19.9 Å². The highest BCUT2D eigenvalue weighted by Gasteiger charge is 2.19. The van der Waals surface area contributed by atoms with Gasteiger partial charge in [-0.15, -0.1) is 0 Å². The maximum Gasteiger partial charge on any atom is 0.320 e. The van der Waals surface area contributed by atoms with Gasteiger partial charge in [0.25, 0.3) is 5.56 Å². The number of carboxylic acid groups (broad SMARTS) is 1. The Bertz CT molecular complexity index is 1120. The van der Waals surface area contributed by atoms with Crippen molar-refractivity contribution >= 4 is 17.0 Å². The molecule has 166 valence electrons. The monoisotopic (exact) mass is 426 g/mol. The molecule has 8 nitrogen and oxygen atoms in total. The van der Waals surface area contributed by atoms with Crippen LogP contribution in [-0.4, -0.2) is 45.4 Å². The highest BCUT2D eigenvalue weighted by Crippen LogP contribution is 2.25. The summed E-state index contributed by atoms with van der Waals surface area (Å²) in [6, 6.07) is 7.19. The summed E-state index contributed by atoms with van der Waals surface area (Å²) in [6.45, 7) is 7.38. The Kier molecular flexibility index (Phi) is 7.25. The van der Waals surface area contributed by atoms with Gasteiger partial charge in [-0.3, -0.25) is 9.59 Å². The fraction of sp³-hybridized carbons (Fsp3) is 0.435. The number of hydrogen-bond acceptors (Lipinski definition) is 5. The first-order valence-electron chi connectivity index (χ1n) is 10.4. The average molecular weight is 427 g/mol. The quantitative estimate of drug-likeness (QED) is 0.460. The van der Waals surface area contributed by atoms with E-state index in [0.29, 0.717) is 31.7 Å². The molecule has 31 heavy (non-hydrogen) atoms. The van der Waals surface area contributed by atoms with Gasteiger partial charge in [-0.05, 0) is 43.0 Å². The van der Waals surface area contributed by atoms with Crippen molar-refractivity contribution in [1.29, 1.82) is 0 Å². The van der Waals surface area contributed by atoms with Gasteiger partial charge in [-0.2, -0.15) is 0 Å². The Morgan fingerprint density at radius 3 is 2.74 bits per heavy atom. The lowest BCUT2D eigenvalue weighted by Gasteiger charge is -2.16. The molecular formula is C23H30N4O4. The number of aromatic nitrogens is 3. The fourth-order valence-electron chi connectivity index (χ4n) is 3.63. The van der Waals surface area contributed by atoms with Crippen LogP contribution in [0.3, 0.4) is 0 Å². The second-order valence-corrected chi connectivity index (χ2v) is 8.20. The smallest absolute Gasteiger partial charge is 0.320 e. The summed E-state index contributed by atoms with van der Waals surface area (Å²) >= 11 is 0. The van der Waals surface area contributed by atoms with E-state index in [0.717, 1.165) is 28.0 Å². The van der Waals surface area contributed by atoms with E-state index in [1.165, 1.54) is 0 Å². The molecular weight excluding hydrogens is 396 g/mol. The number of carboxylic acids is 1. The van der Waals surface area contributed by atoms with E-state index in [9.17, 15) is 14.7 Å². The first-order chi connectivity index (χ1) is 14.8. The Morgan fingerprint density at radius 1 is 1.32 bits per heavy atom. The van der Waals surface area contributed by atoms with E-state index in [4.69, 9.17) is 9.72 Å². The van der Waals surface area contributed by atoms with Crippen LogP contribution in [-0.2, 0) is 22.6 Å². The lowest BCUT2D eigenvalue weighted by atomic mass is 10.0. The minimum atomic E-state index is -0.839. The number of H-pyrrole nitrogens is 1. The molecule has 0 saturated heterocycles. The van der Waals surface area contributed by atoms with Gasteiger partial charge in [0.05, 0.1) is 17.6 Å². The molecule has 8 heteroatoms. The van der Waals surface area contributed by atoms with Gasteiger partial charge >= 0.3 is 5.97 Å². The average Bonchev–Trinajstić information content (AvgIpc) is 3.08. The van der Waals surface area contributed by atoms with Gasteiger partial charge < -0.3 is 24.7 Å². The van der Waals surface area contributed by atoms with E-state index in [-0.39, 0.29) is 11.5 Å². The summed E-state index contributed by atoms with van der Waals surface area (Å²) in [5.74, 6) is 0.199. The lowest BCUT2D eigenvalue weighted by molar-refractivity contribution is -0.140. The second kappa shape index (κ2) is 9.89. The second-order valence-electron chi connectivity index (χ2n) is 8.20. The molecule has 3 rings (SSSR count). The van der Waals surface area contributed by atoms with Gasteiger partial charge in [0.2, 0.25) is 0 Å². The Labute approximate surface area is 181 Å². The fourth-order valence-corrected chi connectivity index (χ4v) is 3.63. The van der Waals surface area contributed by atoms with E-state index in [1.807, 2.05) is 38.1 Å². The molecule has 1 aromatic carbocycles. The largest absolute Gasteiger partial charge is 0.480 e. The topological polar surface area (TPSA) is 109 Å². The minimum absolute atomic E-state index is 0.119. The molecule has 2 heterocycles. The van der Waals surface area contributed by atoms with Crippen molar-refractivity contribution in [3.63, 3.8) is 0 Å². The number of aromatic amines is 1. The Balaban J connectivity index is 1.94. The number of aliphatic carboxylic acids is 1. The molecule has 0 aliphatic carbocycles. The highest BCUT2D eigenvalue weighted by atomic mass is 16.5. The van der Waals surface area contributed by atoms with E-state index in [1.54, 1.807) is 20.2 Å². The molecule has 3 aromatic rings. The maximum absolute atomic E-state index is 11.8. The molecule has 0 amide bonds. The third-order valence-corrected chi connectivity index (χ3v) is 5.24. The third kappa shape index (κ3) is 5.39. The van der Waals surface area contributed by atoms with Crippen molar-refractivity contribution in [2.45, 2.75) is 46.3 Å². The minimum Gasteiger partial charge on any atom is -0.480 e. The summed E-state index contributed by atoms with van der Waals surface area (Å²) in [5.41, 5.74) is 4.06. The predicted octanol–water partition coefficient (Wildman–Crippen LogP) is 2.94. The predicted molar refractivity (Wildman–Crippen MR) is 120 cm³/mol. The first kappa shape index (κ1) is 22.7. The van der Waals surface area contributed by atoms with Crippen LogP contribution in [0.1, 0.15) is 31.4 Å². The Morgan fingerprint density at radius 2 is 2.10 bits per heavy atom. The number of hydrogen-bond donors (Lipinski definition) is 3. The molecule has 0 saturated carbocycles. The number of methoxy groups -OCH3 is 1. The zero-order chi connectivity index (χ0) is 22.5. The van der Waals surface area contributed by atoms with Crippen LogP contribution < -0.4 is 10.9 Å². The number of fused-ring (bicyclic) bond motifs is 1. The van der Waals surface area contributed by atoms with Crippen molar-refractivity contribution in [3.8, 4) is 11.4 Å².